The lowest BCUT2D eigenvalue weighted by Gasteiger charge is -2.33. The Morgan fingerprint density at radius 2 is 2.15 bits per heavy atom. The molecule has 1 N–H and O–H groups in total. The molecule has 2 aromatic rings. The molecule has 3 rings (SSSR count). The van der Waals surface area contributed by atoms with Crippen LogP contribution < -0.4 is 5.32 Å². The quantitative estimate of drug-likeness (QED) is 0.457. The zero-order valence-electron chi connectivity index (χ0n) is 14.5. The number of hydrogen-bond acceptors (Lipinski definition) is 3. The molecule has 1 aliphatic rings. The Bertz CT molecular complexity index is 823. The third-order valence-electron chi connectivity index (χ3n) is 4.74. The zero-order chi connectivity index (χ0) is 18.7. The Balaban J connectivity index is 1.86. The molecule has 0 unspecified atom stereocenters. The van der Waals surface area contributed by atoms with Gasteiger partial charge < -0.3 is 14.8 Å². The smallest absolute Gasteiger partial charge is 0.271 e. The summed E-state index contributed by atoms with van der Waals surface area (Å²) < 4.78 is 2.12. The standard InChI is InChI=1S/C18H21ClN4O2S/c1-21-10-5-7-16(21)17-6-3-2-4-11-22(17)18(26)20-15-12-13(23(24)25)8-9-14(15)19/h5,7-10,12,17H,2-4,6,11H2,1H3,(H,20,26)/t17-/m0/s1. The predicted molar refractivity (Wildman–Crippen MR) is 108 cm³/mol. The molecule has 0 bridgehead atoms. The molecule has 1 aromatic heterocycles. The third-order valence-corrected chi connectivity index (χ3v) is 5.41. The van der Waals surface area contributed by atoms with E-state index in [1.54, 1.807) is 0 Å². The van der Waals surface area contributed by atoms with Crippen LogP contribution in [-0.2, 0) is 7.05 Å². The van der Waals surface area contributed by atoms with Gasteiger partial charge in [-0.2, -0.15) is 0 Å². The summed E-state index contributed by atoms with van der Waals surface area (Å²) in [7, 11) is 2.03. The molecule has 1 aliphatic heterocycles. The number of thiocarbonyl (C=S) groups is 1. The molecule has 0 aliphatic carbocycles. The van der Waals surface area contributed by atoms with Gasteiger partial charge in [-0.15, -0.1) is 0 Å². The number of anilines is 1. The van der Waals surface area contributed by atoms with Crippen molar-refractivity contribution in [1.29, 1.82) is 0 Å². The number of likely N-dealkylation sites (tertiary alicyclic amines) is 1. The molecule has 0 spiro atoms. The lowest BCUT2D eigenvalue weighted by molar-refractivity contribution is -0.384. The van der Waals surface area contributed by atoms with Crippen LogP contribution in [0.3, 0.4) is 0 Å². The Morgan fingerprint density at radius 3 is 2.85 bits per heavy atom. The van der Waals surface area contributed by atoms with Crippen molar-refractivity contribution in [2.45, 2.75) is 31.7 Å². The first-order chi connectivity index (χ1) is 12.5. The van der Waals surface area contributed by atoms with E-state index in [2.05, 4.69) is 20.9 Å². The number of nitrogens with zero attached hydrogens (tertiary/aromatic N) is 3. The number of hydrogen-bond donors (Lipinski definition) is 1. The van der Waals surface area contributed by atoms with Crippen molar-refractivity contribution in [3.8, 4) is 0 Å². The molecule has 1 saturated heterocycles. The van der Waals surface area contributed by atoms with E-state index in [1.807, 2.05) is 19.3 Å². The number of nitro groups is 1. The van der Waals surface area contributed by atoms with Crippen LogP contribution in [0.15, 0.2) is 36.5 Å². The Morgan fingerprint density at radius 1 is 1.35 bits per heavy atom. The maximum Gasteiger partial charge on any atom is 0.271 e. The summed E-state index contributed by atoms with van der Waals surface area (Å²) in [6.07, 6.45) is 6.42. The summed E-state index contributed by atoms with van der Waals surface area (Å²) in [6.45, 7) is 0.841. The van der Waals surface area contributed by atoms with Crippen molar-refractivity contribution in [3.05, 3.63) is 57.4 Å². The van der Waals surface area contributed by atoms with E-state index in [1.165, 1.54) is 23.9 Å². The SMILES string of the molecule is Cn1cccc1[C@@H]1CCCCCN1C(=S)Nc1cc([N+](=O)[O-])ccc1Cl. The fourth-order valence-electron chi connectivity index (χ4n) is 3.39. The van der Waals surface area contributed by atoms with E-state index in [0.29, 0.717) is 15.8 Å². The van der Waals surface area contributed by atoms with E-state index >= 15 is 0 Å². The molecule has 138 valence electrons. The van der Waals surface area contributed by atoms with E-state index in [4.69, 9.17) is 23.8 Å². The van der Waals surface area contributed by atoms with Crippen molar-refractivity contribution < 1.29 is 4.92 Å². The molecule has 1 aromatic carbocycles. The number of benzene rings is 1. The van der Waals surface area contributed by atoms with Gasteiger partial charge in [-0.05, 0) is 43.3 Å². The summed E-state index contributed by atoms with van der Waals surface area (Å²) in [5.41, 5.74) is 1.65. The summed E-state index contributed by atoms with van der Waals surface area (Å²) in [4.78, 5) is 12.8. The molecule has 0 saturated carbocycles. The first-order valence-electron chi connectivity index (χ1n) is 8.60. The fourth-order valence-corrected chi connectivity index (χ4v) is 3.88. The number of nitrogens with one attached hydrogen (secondary N) is 1. The molecule has 2 heterocycles. The maximum atomic E-state index is 11.0. The summed E-state index contributed by atoms with van der Waals surface area (Å²) in [5.74, 6) is 0. The van der Waals surface area contributed by atoms with Crippen molar-refractivity contribution in [2.75, 3.05) is 11.9 Å². The second kappa shape index (κ2) is 8.05. The highest BCUT2D eigenvalue weighted by Crippen LogP contribution is 2.32. The minimum atomic E-state index is -0.441. The van der Waals surface area contributed by atoms with Gasteiger partial charge in [0, 0.05) is 37.6 Å². The highest BCUT2D eigenvalue weighted by Gasteiger charge is 2.26. The Labute approximate surface area is 162 Å². The lowest BCUT2D eigenvalue weighted by atomic mass is 10.1. The van der Waals surface area contributed by atoms with Gasteiger partial charge in [0.05, 0.1) is 21.7 Å². The molecular formula is C18H21ClN4O2S. The van der Waals surface area contributed by atoms with Crippen LogP contribution in [0.5, 0.6) is 0 Å². The van der Waals surface area contributed by atoms with Crippen LogP contribution in [0.25, 0.3) is 0 Å². The number of aromatic nitrogens is 1. The van der Waals surface area contributed by atoms with Crippen LogP contribution in [0.2, 0.25) is 5.02 Å². The predicted octanol–water partition coefficient (Wildman–Crippen LogP) is 4.90. The fraction of sp³-hybridized carbons (Fsp3) is 0.389. The molecule has 1 fully saturated rings. The van der Waals surface area contributed by atoms with Crippen molar-refractivity contribution in [1.82, 2.24) is 9.47 Å². The molecule has 0 amide bonds. The maximum absolute atomic E-state index is 11.0. The van der Waals surface area contributed by atoms with Crippen molar-refractivity contribution in [2.24, 2.45) is 7.05 Å². The topological polar surface area (TPSA) is 63.3 Å². The molecule has 1 atom stereocenters. The summed E-state index contributed by atoms with van der Waals surface area (Å²) in [6, 6.07) is 8.65. The molecule has 6 nitrogen and oxygen atoms in total. The monoisotopic (exact) mass is 392 g/mol. The minimum absolute atomic E-state index is 0.0189. The number of non-ortho nitro benzene ring substituents is 1. The highest BCUT2D eigenvalue weighted by atomic mass is 35.5. The Hall–Kier alpha value is -2.12. The van der Waals surface area contributed by atoms with Crippen LogP contribution in [0.1, 0.15) is 37.4 Å². The van der Waals surface area contributed by atoms with Gasteiger partial charge in [-0.3, -0.25) is 10.1 Å². The van der Waals surface area contributed by atoms with Crippen LogP contribution >= 0.6 is 23.8 Å². The van der Waals surface area contributed by atoms with E-state index in [-0.39, 0.29) is 11.7 Å². The van der Waals surface area contributed by atoms with Crippen LogP contribution in [-0.4, -0.2) is 26.0 Å². The summed E-state index contributed by atoms with van der Waals surface area (Å²) in [5, 5.41) is 15.1. The first kappa shape index (κ1) is 18.7. The number of halogens is 1. The zero-order valence-corrected chi connectivity index (χ0v) is 16.1. The second-order valence-corrected chi connectivity index (χ2v) is 7.25. The second-order valence-electron chi connectivity index (χ2n) is 6.45. The molecular weight excluding hydrogens is 372 g/mol. The van der Waals surface area contributed by atoms with Gasteiger partial charge in [0.1, 0.15) is 0 Å². The van der Waals surface area contributed by atoms with Gasteiger partial charge in [0.15, 0.2) is 5.11 Å². The Kier molecular flexibility index (Phi) is 5.78. The van der Waals surface area contributed by atoms with Crippen LogP contribution in [0.4, 0.5) is 11.4 Å². The van der Waals surface area contributed by atoms with E-state index in [0.717, 1.165) is 32.2 Å². The number of rotatable bonds is 3. The number of nitro benzene ring substituents is 1. The van der Waals surface area contributed by atoms with Gasteiger partial charge in [0.2, 0.25) is 0 Å². The normalized spacial score (nSPS) is 17.6. The van der Waals surface area contributed by atoms with Gasteiger partial charge >= 0.3 is 0 Å². The summed E-state index contributed by atoms with van der Waals surface area (Å²) >= 11 is 11.9. The van der Waals surface area contributed by atoms with E-state index < -0.39 is 4.92 Å². The molecule has 26 heavy (non-hydrogen) atoms. The van der Waals surface area contributed by atoms with Gasteiger partial charge in [-0.1, -0.05) is 24.4 Å². The van der Waals surface area contributed by atoms with Gasteiger partial charge in [0.25, 0.3) is 5.69 Å². The van der Waals surface area contributed by atoms with Crippen molar-refractivity contribution in [3.63, 3.8) is 0 Å². The number of aryl methyl sites for hydroxylation is 1. The third kappa shape index (κ3) is 3.99. The van der Waals surface area contributed by atoms with Crippen LogP contribution in [0, 0.1) is 10.1 Å². The molecule has 8 heteroatoms. The van der Waals surface area contributed by atoms with Gasteiger partial charge in [-0.25, -0.2) is 0 Å². The van der Waals surface area contributed by atoms with Crippen molar-refractivity contribution >= 4 is 40.3 Å². The molecule has 0 radical (unpaired) electrons. The van der Waals surface area contributed by atoms with E-state index in [9.17, 15) is 10.1 Å². The first-order valence-corrected chi connectivity index (χ1v) is 9.39. The lowest BCUT2D eigenvalue weighted by Crippen LogP contribution is -2.38. The highest BCUT2D eigenvalue weighted by molar-refractivity contribution is 7.80. The average Bonchev–Trinajstić information content (AvgIpc) is 2.89. The minimum Gasteiger partial charge on any atom is -0.353 e. The largest absolute Gasteiger partial charge is 0.353 e. The average molecular weight is 393 g/mol.